The van der Waals surface area contributed by atoms with Crippen molar-refractivity contribution in [1.82, 2.24) is 19.8 Å². The second-order valence-corrected chi connectivity index (χ2v) is 6.08. The van der Waals surface area contributed by atoms with E-state index in [0.717, 1.165) is 6.41 Å². The number of piperazine rings is 1. The monoisotopic (exact) mass is 375 g/mol. The highest BCUT2D eigenvalue weighted by Gasteiger charge is 2.22. The van der Waals surface area contributed by atoms with E-state index < -0.39 is 0 Å². The normalized spacial score (nSPS) is 14.1. The molecule has 26 heavy (non-hydrogen) atoms. The van der Waals surface area contributed by atoms with Gasteiger partial charge in [0.05, 0.1) is 12.1 Å². The average Bonchev–Trinajstić information content (AvgIpc) is 2.68. The molecule has 2 aromatic rings. The summed E-state index contributed by atoms with van der Waals surface area (Å²) in [4.78, 5) is 35.1. The first-order valence-electron chi connectivity index (χ1n) is 8.03. The van der Waals surface area contributed by atoms with Crippen LogP contribution < -0.4 is 10.1 Å². The molecular weight excluding hydrogens is 358 g/mol. The first-order chi connectivity index (χ1) is 12.6. The molecule has 2 amide bonds. The van der Waals surface area contributed by atoms with Crippen molar-refractivity contribution >= 4 is 35.6 Å². The van der Waals surface area contributed by atoms with Crippen molar-refractivity contribution in [3.05, 3.63) is 41.2 Å². The van der Waals surface area contributed by atoms with Gasteiger partial charge in [0.1, 0.15) is 11.4 Å². The Morgan fingerprint density at radius 3 is 2.69 bits per heavy atom. The highest BCUT2D eigenvalue weighted by Crippen LogP contribution is 2.28. The Bertz CT molecular complexity index is 809. The lowest BCUT2D eigenvalue weighted by molar-refractivity contribution is -0.119. The number of nitrogens with one attached hydrogen (secondary N) is 1. The zero-order chi connectivity index (χ0) is 18.5. The van der Waals surface area contributed by atoms with Gasteiger partial charge in [-0.1, -0.05) is 11.6 Å². The van der Waals surface area contributed by atoms with E-state index in [4.69, 9.17) is 16.3 Å². The molecule has 1 fully saturated rings. The number of methoxy groups -OCH3 is 1. The fourth-order valence-corrected chi connectivity index (χ4v) is 2.86. The molecule has 0 unspecified atom stereocenters. The third-order valence-corrected chi connectivity index (χ3v) is 4.33. The highest BCUT2D eigenvalue weighted by atomic mass is 35.5. The van der Waals surface area contributed by atoms with E-state index in [1.807, 2.05) is 0 Å². The summed E-state index contributed by atoms with van der Waals surface area (Å²) in [6.45, 7) is 2.02. The molecule has 0 radical (unpaired) electrons. The summed E-state index contributed by atoms with van der Waals surface area (Å²) in [5.41, 5.74) is 0.974. The molecule has 0 aliphatic carbocycles. The summed E-state index contributed by atoms with van der Waals surface area (Å²) < 4.78 is 5.12. The number of hydrogen-bond acceptors (Lipinski definition) is 6. The predicted molar refractivity (Wildman–Crippen MR) is 96.9 cm³/mol. The van der Waals surface area contributed by atoms with Crippen LogP contribution in [0.2, 0.25) is 5.02 Å². The van der Waals surface area contributed by atoms with Crippen LogP contribution in [0.25, 0.3) is 0 Å². The van der Waals surface area contributed by atoms with Crippen LogP contribution in [0, 0.1) is 0 Å². The van der Waals surface area contributed by atoms with Crippen molar-refractivity contribution in [2.24, 2.45) is 0 Å². The maximum absolute atomic E-state index is 12.6. The smallest absolute Gasteiger partial charge is 0.272 e. The molecule has 0 saturated carbocycles. The number of carbonyl (C=O) groups is 2. The Kier molecular flexibility index (Phi) is 5.52. The summed E-state index contributed by atoms with van der Waals surface area (Å²) in [7, 11) is 1.54. The summed E-state index contributed by atoms with van der Waals surface area (Å²) in [6.07, 6.45) is 2.32. The summed E-state index contributed by atoms with van der Waals surface area (Å²) >= 11 is 6.11. The number of benzene rings is 1. The van der Waals surface area contributed by atoms with Crippen LogP contribution in [0.5, 0.6) is 5.75 Å². The summed E-state index contributed by atoms with van der Waals surface area (Å²) in [5.74, 6) is 0.675. The summed E-state index contributed by atoms with van der Waals surface area (Å²) in [6, 6.07) is 6.77. The zero-order valence-electron chi connectivity index (χ0n) is 14.2. The number of amides is 2. The largest absolute Gasteiger partial charge is 0.495 e. The molecule has 1 aromatic carbocycles. The van der Waals surface area contributed by atoms with E-state index in [-0.39, 0.29) is 5.91 Å². The second kappa shape index (κ2) is 8.01. The van der Waals surface area contributed by atoms with Gasteiger partial charge in [-0.2, -0.15) is 0 Å². The van der Waals surface area contributed by atoms with Crippen LogP contribution in [0.1, 0.15) is 10.5 Å². The summed E-state index contributed by atoms with van der Waals surface area (Å²) in [5, 5.41) is 3.48. The molecule has 1 aliphatic rings. The molecule has 1 saturated heterocycles. The third kappa shape index (κ3) is 4.02. The SMILES string of the molecule is COc1ccc(Nc2nccc(C(=O)N3CCN(C=O)CC3)n2)cc1Cl. The van der Waals surface area contributed by atoms with Crippen LogP contribution in [0.4, 0.5) is 11.6 Å². The molecular formula is C17H18ClN5O3. The van der Waals surface area contributed by atoms with Gasteiger partial charge in [0, 0.05) is 38.1 Å². The molecule has 1 aliphatic heterocycles. The van der Waals surface area contributed by atoms with Gasteiger partial charge in [-0.05, 0) is 24.3 Å². The van der Waals surface area contributed by atoms with Crippen molar-refractivity contribution in [3.8, 4) is 5.75 Å². The molecule has 0 atom stereocenters. The number of aromatic nitrogens is 2. The molecule has 1 aromatic heterocycles. The molecule has 9 heteroatoms. The van der Waals surface area contributed by atoms with Gasteiger partial charge in [-0.3, -0.25) is 9.59 Å². The maximum Gasteiger partial charge on any atom is 0.272 e. The fraction of sp³-hybridized carbons (Fsp3) is 0.294. The molecule has 0 spiro atoms. The molecule has 0 bridgehead atoms. The van der Waals surface area contributed by atoms with E-state index in [1.54, 1.807) is 41.2 Å². The Balaban J connectivity index is 1.71. The van der Waals surface area contributed by atoms with Crippen LogP contribution in [0.15, 0.2) is 30.5 Å². The van der Waals surface area contributed by atoms with Crippen LogP contribution >= 0.6 is 11.6 Å². The maximum atomic E-state index is 12.6. The van der Waals surface area contributed by atoms with Gasteiger partial charge in [0.15, 0.2) is 0 Å². The van der Waals surface area contributed by atoms with Crippen LogP contribution in [-0.2, 0) is 4.79 Å². The lowest BCUT2D eigenvalue weighted by Crippen LogP contribution is -2.48. The molecule has 2 heterocycles. The molecule has 8 nitrogen and oxygen atoms in total. The first-order valence-corrected chi connectivity index (χ1v) is 8.40. The molecule has 3 rings (SSSR count). The fourth-order valence-electron chi connectivity index (χ4n) is 2.60. The first kappa shape index (κ1) is 17.9. The van der Waals surface area contributed by atoms with Crippen molar-refractivity contribution in [2.45, 2.75) is 0 Å². The van der Waals surface area contributed by atoms with Gasteiger partial charge in [0.2, 0.25) is 12.4 Å². The van der Waals surface area contributed by atoms with Gasteiger partial charge in [0.25, 0.3) is 5.91 Å². The lowest BCUT2D eigenvalue weighted by atomic mass is 10.3. The Morgan fingerprint density at radius 1 is 1.27 bits per heavy atom. The lowest BCUT2D eigenvalue weighted by Gasteiger charge is -2.32. The minimum Gasteiger partial charge on any atom is -0.495 e. The van der Waals surface area contributed by atoms with Gasteiger partial charge >= 0.3 is 0 Å². The second-order valence-electron chi connectivity index (χ2n) is 5.67. The van der Waals surface area contributed by atoms with E-state index in [1.165, 1.54) is 6.20 Å². The predicted octanol–water partition coefficient (Wildman–Crippen LogP) is 1.80. The minimum atomic E-state index is -0.186. The van der Waals surface area contributed by atoms with Crippen molar-refractivity contribution in [2.75, 3.05) is 38.6 Å². The van der Waals surface area contributed by atoms with Gasteiger partial charge in [-0.25, -0.2) is 9.97 Å². The number of hydrogen-bond donors (Lipinski definition) is 1. The van der Waals surface area contributed by atoms with E-state index in [0.29, 0.717) is 54.3 Å². The van der Waals surface area contributed by atoms with Crippen molar-refractivity contribution < 1.29 is 14.3 Å². The minimum absolute atomic E-state index is 0.186. The highest BCUT2D eigenvalue weighted by molar-refractivity contribution is 6.32. The van der Waals surface area contributed by atoms with Gasteiger partial charge < -0.3 is 19.9 Å². The average molecular weight is 376 g/mol. The number of rotatable bonds is 5. The Hall–Kier alpha value is -2.87. The van der Waals surface area contributed by atoms with Crippen molar-refractivity contribution in [1.29, 1.82) is 0 Å². The van der Waals surface area contributed by atoms with E-state index >= 15 is 0 Å². The van der Waals surface area contributed by atoms with Crippen molar-refractivity contribution in [3.63, 3.8) is 0 Å². The number of nitrogens with zero attached hydrogens (tertiary/aromatic N) is 4. The quantitative estimate of drug-likeness (QED) is 0.802. The van der Waals surface area contributed by atoms with E-state index in [9.17, 15) is 9.59 Å². The zero-order valence-corrected chi connectivity index (χ0v) is 14.9. The Labute approximate surface area is 155 Å². The van der Waals surface area contributed by atoms with E-state index in [2.05, 4.69) is 15.3 Å². The number of halogens is 1. The topological polar surface area (TPSA) is 87.7 Å². The molecule has 1 N–H and O–H groups in total. The number of ether oxygens (including phenoxy) is 1. The number of anilines is 2. The van der Waals surface area contributed by atoms with Crippen LogP contribution in [0.3, 0.4) is 0 Å². The van der Waals surface area contributed by atoms with Gasteiger partial charge in [-0.15, -0.1) is 0 Å². The third-order valence-electron chi connectivity index (χ3n) is 4.03. The molecule has 136 valence electrons. The standard InChI is InChI=1S/C17H18ClN5O3/c1-26-15-3-2-12(10-13(15)18)20-17-19-5-4-14(21-17)16(25)23-8-6-22(11-24)7-9-23/h2-5,10-11H,6-9H2,1H3,(H,19,20,21). The Morgan fingerprint density at radius 2 is 2.04 bits per heavy atom. The van der Waals surface area contributed by atoms with Crippen LogP contribution in [-0.4, -0.2) is 65.4 Å². The number of carbonyl (C=O) groups excluding carboxylic acids is 2.